The Hall–Kier alpha value is -5.83. The Bertz CT molecular complexity index is 2130. The summed E-state index contributed by atoms with van der Waals surface area (Å²) in [6, 6.07) is 10.4. The number of fused-ring (bicyclic) bond motifs is 1. The molecule has 4 N–H and O–H groups in total. The van der Waals surface area contributed by atoms with Crippen LogP contribution in [0.15, 0.2) is 60.7 Å². The highest BCUT2D eigenvalue weighted by molar-refractivity contribution is 8.02. The maximum absolute atomic E-state index is 14.2. The molecule has 0 bridgehead atoms. The van der Waals surface area contributed by atoms with E-state index in [0.29, 0.717) is 11.1 Å². The molecule has 62 heavy (non-hydrogen) atoms. The smallest absolute Gasteiger partial charge is 0.409 e. The first kappa shape index (κ1) is 45.7. The monoisotopic (exact) mass is 895 g/mol. The third-order valence-electron chi connectivity index (χ3n) is 11.0. The zero-order valence-electron chi connectivity index (χ0n) is 34.9. The third kappa shape index (κ3) is 8.90. The van der Waals surface area contributed by atoms with Crippen LogP contribution in [-0.4, -0.2) is 149 Å². The fraction of sp³-hybridized carbons (Fsp3) is 0.488. The number of nitrogens with zero attached hydrogens (tertiary/aromatic N) is 4. The number of β-lactam (4-membered cyclic amide) rings is 1. The number of ether oxygens (including phenoxy) is 2. The van der Waals surface area contributed by atoms with Crippen LogP contribution >= 0.6 is 23.5 Å². The fourth-order valence-electron chi connectivity index (χ4n) is 8.01. The molecule has 0 saturated carbocycles. The Morgan fingerprint density at radius 1 is 0.806 bits per heavy atom. The molecule has 2 aromatic rings. The van der Waals surface area contributed by atoms with Gasteiger partial charge in [0, 0.05) is 41.2 Å². The van der Waals surface area contributed by atoms with Gasteiger partial charge in [-0.3, -0.25) is 33.8 Å². The van der Waals surface area contributed by atoms with E-state index in [1.165, 1.54) is 33.3 Å². The first-order valence-corrected chi connectivity index (χ1v) is 21.7. The van der Waals surface area contributed by atoms with Crippen LogP contribution in [0.25, 0.3) is 0 Å². The molecule has 4 aliphatic rings. The number of amides is 8. The minimum atomic E-state index is -1.53. The molecule has 4 aliphatic heterocycles. The molecule has 6 rings (SSSR count). The van der Waals surface area contributed by atoms with Gasteiger partial charge in [-0.05, 0) is 47.1 Å². The maximum atomic E-state index is 14.2. The molecule has 4 heterocycles. The molecule has 8 amide bonds. The van der Waals surface area contributed by atoms with Crippen LogP contribution in [0.5, 0.6) is 0 Å². The standard InChI is InChI=1S/C41H49N7O12S2/c1-7-45-19-20-46(34(53)33(45)52)38(56)44-25(22-15-11-9-12-16-22)30(49)43-26-32(51)48-29(41(5,6)62-35(26)48)37(55)60-27(23-17-13-10-14-18-23)31(50)42-21-24-47(39(57)58)28(36(54)59-8-2)40(3,4)61-24/h9-18,24-29,35H,7-8,19-21H2,1-6H3,(H,42,50)(H,43,49)(H,44,56)(H,57,58). The Kier molecular flexibility index (Phi) is 13.5. The van der Waals surface area contributed by atoms with Gasteiger partial charge in [-0.25, -0.2) is 19.2 Å². The van der Waals surface area contributed by atoms with E-state index in [-0.39, 0.29) is 32.8 Å². The van der Waals surface area contributed by atoms with Gasteiger partial charge >= 0.3 is 35.9 Å². The summed E-state index contributed by atoms with van der Waals surface area (Å²) in [5.41, 5.74) is 0.633. The Morgan fingerprint density at radius 2 is 1.42 bits per heavy atom. The number of rotatable bonds is 13. The lowest BCUT2D eigenvalue weighted by Gasteiger charge is -2.44. The van der Waals surface area contributed by atoms with E-state index in [4.69, 9.17) is 9.47 Å². The molecule has 2 aromatic carbocycles. The van der Waals surface area contributed by atoms with Gasteiger partial charge in [-0.15, -0.1) is 23.5 Å². The van der Waals surface area contributed by atoms with Gasteiger partial charge in [-0.1, -0.05) is 60.7 Å². The molecular formula is C41H49N7O12S2. The molecule has 4 saturated heterocycles. The van der Waals surface area contributed by atoms with E-state index >= 15 is 0 Å². The SMILES string of the molecule is CCOC(=O)C1N(C(=O)O)C(CNC(=O)C(OC(=O)C2N3C(=O)C(NC(=O)C(NC(=O)N4CCN(CC)C(=O)C4=O)c4ccccc4)C3SC2(C)C)c2ccccc2)SC1(C)C. The predicted molar refractivity (Wildman–Crippen MR) is 224 cm³/mol. The van der Waals surface area contributed by atoms with E-state index in [9.17, 15) is 48.3 Å². The number of nitrogens with one attached hydrogen (secondary N) is 3. The largest absolute Gasteiger partial charge is 0.465 e. The van der Waals surface area contributed by atoms with Crippen molar-refractivity contribution >= 4 is 77.1 Å². The molecule has 7 atom stereocenters. The van der Waals surface area contributed by atoms with Crippen LogP contribution in [-0.2, 0) is 43.0 Å². The first-order valence-electron chi connectivity index (χ1n) is 20.0. The normalized spacial score (nSPS) is 24.6. The molecule has 0 spiro atoms. The summed E-state index contributed by atoms with van der Waals surface area (Å²) in [5.74, 6) is -5.68. The zero-order chi connectivity index (χ0) is 45.3. The van der Waals surface area contributed by atoms with E-state index in [1.807, 2.05) is 0 Å². The Labute approximate surface area is 365 Å². The van der Waals surface area contributed by atoms with Crippen LogP contribution < -0.4 is 16.0 Å². The summed E-state index contributed by atoms with van der Waals surface area (Å²) in [7, 11) is 0. The summed E-state index contributed by atoms with van der Waals surface area (Å²) in [5, 5.41) is 16.4. The highest BCUT2D eigenvalue weighted by atomic mass is 32.2. The van der Waals surface area contributed by atoms with E-state index in [0.717, 1.165) is 9.80 Å². The van der Waals surface area contributed by atoms with Crippen molar-refractivity contribution in [1.82, 2.24) is 35.6 Å². The average molecular weight is 896 g/mol. The molecule has 21 heteroatoms. The van der Waals surface area contributed by atoms with Gasteiger partial charge in [0.05, 0.1) is 12.0 Å². The lowest BCUT2D eigenvalue weighted by atomic mass is 9.95. The third-order valence-corrected chi connectivity index (χ3v) is 14.1. The van der Waals surface area contributed by atoms with Crippen molar-refractivity contribution in [3.63, 3.8) is 0 Å². The first-order chi connectivity index (χ1) is 29.3. The van der Waals surface area contributed by atoms with Gasteiger partial charge in [0.15, 0.2) is 0 Å². The second-order valence-electron chi connectivity index (χ2n) is 15.9. The average Bonchev–Trinajstić information content (AvgIpc) is 3.67. The number of urea groups is 1. The molecule has 0 aromatic heterocycles. The minimum Gasteiger partial charge on any atom is -0.465 e. The van der Waals surface area contributed by atoms with Crippen LogP contribution in [0.4, 0.5) is 9.59 Å². The van der Waals surface area contributed by atoms with Crippen molar-refractivity contribution in [2.24, 2.45) is 0 Å². The van der Waals surface area contributed by atoms with Gasteiger partial charge in [0.25, 0.3) is 5.91 Å². The van der Waals surface area contributed by atoms with Crippen LogP contribution in [0, 0.1) is 0 Å². The van der Waals surface area contributed by atoms with Crippen molar-refractivity contribution in [3.05, 3.63) is 71.8 Å². The van der Waals surface area contributed by atoms with E-state index in [2.05, 4.69) is 16.0 Å². The van der Waals surface area contributed by atoms with E-state index in [1.54, 1.807) is 102 Å². The van der Waals surface area contributed by atoms with E-state index < -0.39 is 104 Å². The van der Waals surface area contributed by atoms with Crippen LogP contribution in [0.1, 0.15) is 64.8 Å². The number of hydrogen-bond donors (Lipinski definition) is 4. The van der Waals surface area contributed by atoms with Crippen LogP contribution in [0.3, 0.4) is 0 Å². The lowest BCUT2D eigenvalue weighted by Crippen LogP contribution is -2.71. The summed E-state index contributed by atoms with van der Waals surface area (Å²) in [6.07, 6.45) is -2.91. The number of carboxylic acid groups (broad SMARTS) is 1. The molecule has 0 aliphatic carbocycles. The van der Waals surface area contributed by atoms with Gasteiger partial charge in [0.2, 0.25) is 17.9 Å². The summed E-state index contributed by atoms with van der Waals surface area (Å²) < 4.78 is 9.18. The number of imide groups is 1. The van der Waals surface area contributed by atoms with Crippen LogP contribution in [0.2, 0.25) is 0 Å². The fourth-order valence-corrected chi connectivity index (χ4v) is 11.2. The number of benzene rings is 2. The minimum absolute atomic E-state index is 0.0468. The van der Waals surface area contributed by atoms with Gasteiger partial charge in [0.1, 0.15) is 29.5 Å². The summed E-state index contributed by atoms with van der Waals surface area (Å²) in [4.78, 5) is 124. The second kappa shape index (κ2) is 18.3. The number of carbonyl (C=O) groups is 9. The van der Waals surface area contributed by atoms with Gasteiger partial charge < -0.3 is 40.3 Å². The second-order valence-corrected chi connectivity index (χ2v) is 19.5. The van der Waals surface area contributed by atoms with Crippen molar-refractivity contribution in [1.29, 1.82) is 0 Å². The van der Waals surface area contributed by atoms with Crippen molar-refractivity contribution in [3.8, 4) is 0 Å². The number of likely N-dealkylation sites (N-methyl/N-ethyl adjacent to an activating group) is 1. The maximum Gasteiger partial charge on any atom is 0.409 e. The van der Waals surface area contributed by atoms with Gasteiger partial charge in [-0.2, -0.15) is 0 Å². The number of esters is 2. The molecule has 19 nitrogen and oxygen atoms in total. The summed E-state index contributed by atoms with van der Waals surface area (Å²) in [6.45, 7) is 10.3. The molecule has 4 fully saturated rings. The molecule has 7 unspecified atom stereocenters. The summed E-state index contributed by atoms with van der Waals surface area (Å²) >= 11 is 2.39. The predicted octanol–water partition coefficient (Wildman–Crippen LogP) is 1.84. The quantitative estimate of drug-likeness (QED) is 0.128. The van der Waals surface area contributed by atoms with Crippen molar-refractivity contribution in [2.75, 3.05) is 32.8 Å². The molecule has 332 valence electrons. The number of thioether (sulfide) groups is 2. The lowest BCUT2D eigenvalue weighted by molar-refractivity contribution is -0.170. The number of piperazine rings is 1. The molecule has 0 radical (unpaired) electrons. The topological polar surface area (TPSA) is 241 Å². The highest BCUT2D eigenvalue weighted by Crippen LogP contribution is 2.51. The Balaban J connectivity index is 1.15. The Morgan fingerprint density at radius 3 is 2.02 bits per heavy atom. The number of hydrogen-bond acceptors (Lipinski definition) is 13. The van der Waals surface area contributed by atoms with Crippen molar-refractivity contribution < 1.29 is 57.7 Å². The number of carbonyl (C=O) groups excluding carboxylic acids is 8. The zero-order valence-corrected chi connectivity index (χ0v) is 36.5. The van der Waals surface area contributed by atoms with Crippen molar-refractivity contribution in [2.45, 2.75) is 92.1 Å². The molecular weight excluding hydrogens is 847 g/mol. The highest BCUT2D eigenvalue weighted by Gasteiger charge is 2.65.